The minimum absolute atomic E-state index is 0.0992. The number of nitrogens with zero attached hydrogens (tertiary/aromatic N) is 3. The molecule has 8 heteroatoms. The lowest BCUT2D eigenvalue weighted by molar-refractivity contribution is 0.0228. The maximum Gasteiger partial charge on any atom is 0.339 e. The van der Waals surface area contributed by atoms with Gasteiger partial charge in [0.15, 0.2) is 6.73 Å². The second kappa shape index (κ2) is 8.03. The van der Waals surface area contributed by atoms with Gasteiger partial charge in [-0.2, -0.15) is 0 Å². The van der Waals surface area contributed by atoms with Crippen molar-refractivity contribution in [2.45, 2.75) is 38.6 Å². The highest BCUT2D eigenvalue weighted by molar-refractivity contribution is 6.21. The van der Waals surface area contributed by atoms with Gasteiger partial charge in [0, 0.05) is 13.0 Å². The fraction of sp³-hybridized carbons (Fsp3) is 0.292. The second-order valence-electron chi connectivity index (χ2n) is 8.03. The van der Waals surface area contributed by atoms with E-state index in [1.807, 2.05) is 0 Å². The largest absolute Gasteiger partial charge is 0.440 e. The van der Waals surface area contributed by atoms with Crippen molar-refractivity contribution in [3.05, 3.63) is 75.3 Å². The highest BCUT2D eigenvalue weighted by Gasteiger charge is 2.35. The summed E-state index contributed by atoms with van der Waals surface area (Å²) in [4.78, 5) is 55.9. The van der Waals surface area contributed by atoms with Gasteiger partial charge < -0.3 is 4.74 Å². The lowest BCUT2D eigenvalue weighted by atomic mass is 10.1. The number of ether oxygens (including phenoxy) is 1. The standard InChI is InChI=1S/C24H21N3O5/c28-21-16-7-4-5-8-17(16)22(29)27(21)14-32-24(31)15-10-11-18-19(13-15)25-20-9-3-1-2-6-12-26(20)23(18)30/h4-5,7-8,10-11,13H,1-3,6,9,12,14H2. The Balaban J connectivity index is 1.37. The molecular formula is C24H21N3O5. The van der Waals surface area contributed by atoms with Crippen LogP contribution in [0.3, 0.4) is 0 Å². The van der Waals surface area contributed by atoms with E-state index in [-0.39, 0.29) is 11.1 Å². The first-order chi connectivity index (χ1) is 15.5. The number of rotatable bonds is 3. The van der Waals surface area contributed by atoms with E-state index in [1.54, 1.807) is 34.9 Å². The van der Waals surface area contributed by atoms with Crippen LogP contribution in [0, 0.1) is 0 Å². The Morgan fingerprint density at radius 1 is 0.938 bits per heavy atom. The summed E-state index contributed by atoms with van der Waals surface area (Å²) in [6, 6.07) is 11.1. The summed E-state index contributed by atoms with van der Waals surface area (Å²) in [6.45, 7) is 0.171. The zero-order valence-corrected chi connectivity index (χ0v) is 17.4. The molecule has 3 heterocycles. The normalized spacial score (nSPS) is 15.8. The first kappa shape index (κ1) is 20.1. The van der Waals surface area contributed by atoms with Crippen LogP contribution in [-0.2, 0) is 17.7 Å². The van der Waals surface area contributed by atoms with Crippen molar-refractivity contribution in [2.75, 3.05) is 6.73 Å². The van der Waals surface area contributed by atoms with E-state index in [4.69, 9.17) is 4.74 Å². The Morgan fingerprint density at radius 3 is 2.41 bits per heavy atom. The summed E-state index contributed by atoms with van der Waals surface area (Å²) < 4.78 is 6.98. The third kappa shape index (κ3) is 3.37. The van der Waals surface area contributed by atoms with E-state index in [2.05, 4.69) is 4.98 Å². The van der Waals surface area contributed by atoms with Crippen molar-refractivity contribution in [3.8, 4) is 0 Å². The molecule has 0 N–H and O–H groups in total. The molecule has 0 aliphatic carbocycles. The summed E-state index contributed by atoms with van der Waals surface area (Å²) in [5.74, 6) is -0.953. The van der Waals surface area contributed by atoms with Gasteiger partial charge in [-0.15, -0.1) is 0 Å². The maximum absolute atomic E-state index is 12.9. The molecule has 8 nitrogen and oxygen atoms in total. The van der Waals surface area contributed by atoms with E-state index in [0.29, 0.717) is 28.6 Å². The van der Waals surface area contributed by atoms with Crippen LogP contribution in [0.4, 0.5) is 0 Å². The van der Waals surface area contributed by atoms with Gasteiger partial charge >= 0.3 is 5.97 Å². The van der Waals surface area contributed by atoms with Crippen molar-refractivity contribution in [3.63, 3.8) is 0 Å². The van der Waals surface area contributed by atoms with Gasteiger partial charge in [-0.05, 0) is 43.2 Å². The third-order valence-electron chi connectivity index (χ3n) is 6.01. The molecule has 1 aromatic heterocycles. The molecule has 0 unspecified atom stereocenters. The van der Waals surface area contributed by atoms with Crippen molar-refractivity contribution >= 4 is 28.7 Å². The van der Waals surface area contributed by atoms with Gasteiger partial charge in [0.1, 0.15) is 5.82 Å². The van der Waals surface area contributed by atoms with Crippen LogP contribution in [0.2, 0.25) is 0 Å². The zero-order valence-electron chi connectivity index (χ0n) is 17.4. The molecule has 0 radical (unpaired) electrons. The lowest BCUT2D eigenvalue weighted by Gasteiger charge is -2.16. The fourth-order valence-corrected chi connectivity index (χ4v) is 4.28. The Bertz CT molecular complexity index is 1290. The van der Waals surface area contributed by atoms with Crippen molar-refractivity contribution in [2.24, 2.45) is 0 Å². The van der Waals surface area contributed by atoms with Gasteiger partial charge in [0.05, 0.1) is 27.6 Å². The molecule has 0 bridgehead atoms. The van der Waals surface area contributed by atoms with Crippen LogP contribution >= 0.6 is 0 Å². The quantitative estimate of drug-likeness (QED) is 0.467. The number of esters is 1. The van der Waals surface area contributed by atoms with Crippen molar-refractivity contribution in [1.29, 1.82) is 0 Å². The molecule has 0 fully saturated rings. The van der Waals surface area contributed by atoms with Gasteiger partial charge in [-0.3, -0.25) is 19.0 Å². The number of fused-ring (bicyclic) bond motifs is 3. The number of amides is 2. The first-order valence-electron chi connectivity index (χ1n) is 10.7. The van der Waals surface area contributed by atoms with E-state index < -0.39 is 24.5 Å². The zero-order chi connectivity index (χ0) is 22.2. The number of carbonyl (C=O) groups is 3. The molecule has 5 rings (SSSR count). The van der Waals surface area contributed by atoms with Crippen LogP contribution in [-0.4, -0.2) is 39.0 Å². The predicted molar refractivity (Wildman–Crippen MR) is 115 cm³/mol. The van der Waals surface area contributed by atoms with Gasteiger partial charge in [-0.25, -0.2) is 14.7 Å². The summed E-state index contributed by atoms with van der Waals surface area (Å²) in [7, 11) is 0. The van der Waals surface area contributed by atoms with Gasteiger partial charge in [0.25, 0.3) is 17.4 Å². The van der Waals surface area contributed by atoms with Gasteiger partial charge in [0.2, 0.25) is 0 Å². The molecule has 2 aromatic carbocycles. The Kier molecular flexibility index (Phi) is 5.05. The summed E-state index contributed by atoms with van der Waals surface area (Å²) in [5.41, 5.74) is 1.13. The topological polar surface area (TPSA) is 98.6 Å². The molecule has 162 valence electrons. The monoisotopic (exact) mass is 431 g/mol. The average Bonchev–Trinajstić information content (AvgIpc) is 3.03. The van der Waals surface area contributed by atoms with E-state index in [1.165, 1.54) is 12.1 Å². The molecule has 32 heavy (non-hydrogen) atoms. The van der Waals surface area contributed by atoms with E-state index >= 15 is 0 Å². The second-order valence-corrected chi connectivity index (χ2v) is 8.03. The third-order valence-corrected chi connectivity index (χ3v) is 6.01. The molecule has 3 aromatic rings. The molecular weight excluding hydrogens is 410 g/mol. The molecule has 2 amide bonds. The number of aromatic nitrogens is 2. The Labute approximate surface area is 183 Å². The number of aryl methyl sites for hydroxylation is 1. The molecule has 2 aliphatic rings. The first-order valence-corrected chi connectivity index (χ1v) is 10.7. The summed E-state index contributed by atoms with van der Waals surface area (Å²) in [5, 5.41) is 0.450. The summed E-state index contributed by atoms with van der Waals surface area (Å²) >= 11 is 0. The highest BCUT2D eigenvalue weighted by atomic mass is 16.5. The lowest BCUT2D eigenvalue weighted by Crippen LogP contribution is -2.33. The van der Waals surface area contributed by atoms with Crippen LogP contribution < -0.4 is 5.56 Å². The molecule has 2 aliphatic heterocycles. The van der Waals surface area contributed by atoms with Crippen molar-refractivity contribution < 1.29 is 19.1 Å². The molecule has 0 saturated carbocycles. The predicted octanol–water partition coefficient (Wildman–Crippen LogP) is 2.92. The van der Waals surface area contributed by atoms with Gasteiger partial charge in [-0.1, -0.05) is 25.0 Å². The van der Waals surface area contributed by atoms with Crippen LogP contribution in [0.25, 0.3) is 10.9 Å². The smallest absolute Gasteiger partial charge is 0.339 e. The van der Waals surface area contributed by atoms with Crippen LogP contribution in [0.15, 0.2) is 47.3 Å². The highest BCUT2D eigenvalue weighted by Crippen LogP contribution is 2.23. The number of carbonyl (C=O) groups excluding carboxylic acids is 3. The minimum Gasteiger partial charge on any atom is -0.440 e. The molecule has 0 saturated heterocycles. The fourth-order valence-electron chi connectivity index (χ4n) is 4.28. The van der Waals surface area contributed by atoms with Crippen molar-refractivity contribution in [1.82, 2.24) is 14.5 Å². The number of imide groups is 1. The number of hydrogen-bond acceptors (Lipinski definition) is 6. The van der Waals surface area contributed by atoms with E-state index in [0.717, 1.165) is 42.8 Å². The minimum atomic E-state index is -0.697. The Hall–Kier alpha value is -3.81. The summed E-state index contributed by atoms with van der Waals surface area (Å²) in [6.07, 6.45) is 4.85. The maximum atomic E-state index is 12.9. The molecule has 0 atom stereocenters. The van der Waals surface area contributed by atoms with Crippen LogP contribution in [0.5, 0.6) is 0 Å². The SMILES string of the molecule is O=C(OCN1C(=O)c2ccccc2C1=O)c1ccc2c(=O)n3c(nc2c1)CCCCCC3. The molecule has 0 spiro atoms. The number of hydrogen-bond donors (Lipinski definition) is 0. The number of benzene rings is 2. The average molecular weight is 431 g/mol. The van der Waals surface area contributed by atoms with E-state index in [9.17, 15) is 19.2 Å². The van der Waals surface area contributed by atoms with Crippen LogP contribution in [0.1, 0.15) is 62.6 Å². The Morgan fingerprint density at radius 2 is 1.66 bits per heavy atom.